The molecular weight excluding hydrogens is 290 g/mol. The molecule has 0 radical (unpaired) electrons. The van der Waals surface area contributed by atoms with Gasteiger partial charge in [-0.15, -0.1) is 0 Å². The molecule has 2 fully saturated rings. The van der Waals surface area contributed by atoms with Crippen molar-refractivity contribution in [3.8, 4) is 0 Å². The van der Waals surface area contributed by atoms with Crippen LogP contribution in [0, 0.1) is 5.92 Å². The predicted octanol–water partition coefficient (Wildman–Crippen LogP) is -0.224. The van der Waals surface area contributed by atoms with Gasteiger partial charge in [-0.2, -0.15) is 0 Å². The second kappa shape index (κ2) is 6.33. The molecule has 1 saturated carbocycles. The van der Waals surface area contributed by atoms with Gasteiger partial charge in [0.2, 0.25) is 0 Å². The molecule has 22 heavy (non-hydrogen) atoms. The van der Waals surface area contributed by atoms with E-state index in [-0.39, 0.29) is 11.8 Å². The van der Waals surface area contributed by atoms with E-state index < -0.39 is 36.6 Å². The maximum atomic E-state index is 12.6. The number of nitrogens with zero attached hydrogens (tertiary/aromatic N) is 1. The van der Waals surface area contributed by atoms with Gasteiger partial charge in [-0.1, -0.05) is 19.8 Å². The van der Waals surface area contributed by atoms with Gasteiger partial charge in [0, 0.05) is 7.05 Å². The number of rotatable bonds is 4. The van der Waals surface area contributed by atoms with E-state index in [1.807, 2.05) is 6.92 Å². The molecule has 0 aromatic rings. The Morgan fingerprint density at radius 1 is 1.41 bits per heavy atom. The minimum atomic E-state index is -0.892. The summed E-state index contributed by atoms with van der Waals surface area (Å²) >= 11 is 0. The third-order valence-corrected chi connectivity index (χ3v) is 4.43. The molecule has 0 aromatic heterocycles. The zero-order valence-corrected chi connectivity index (χ0v) is 12.8. The molecule has 8 heteroatoms. The van der Waals surface area contributed by atoms with E-state index >= 15 is 0 Å². The van der Waals surface area contributed by atoms with E-state index in [4.69, 9.17) is 4.74 Å². The molecule has 0 unspecified atom stereocenters. The molecular formula is C14H21N3O5. The largest absolute Gasteiger partial charge is 0.454 e. The summed E-state index contributed by atoms with van der Waals surface area (Å²) in [6.45, 7) is 1.03. The fourth-order valence-electron chi connectivity index (χ4n) is 3.03. The van der Waals surface area contributed by atoms with Gasteiger partial charge in [0.25, 0.3) is 11.8 Å². The number of likely N-dealkylation sites (N-methyl/N-ethyl adjacent to an activating group) is 1. The molecule has 2 atom stereocenters. The monoisotopic (exact) mass is 311 g/mol. The molecule has 122 valence electrons. The van der Waals surface area contributed by atoms with Crippen molar-refractivity contribution >= 4 is 23.8 Å². The van der Waals surface area contributed by atoms with Gasteiger partial charge >= 0.3 is 12.0 Å². The second-order valence-corrected chi connectivity index (χ2v) is 5.77. The molecule has 0 aromatic carbocycles. The fourth-order valence-corrected chi connectivity index (χ4v) is 3.03. The van der Waals surface area contributed by atoms with Crippen LogP contribution in [-0.2, 0) is 19.1 Å². The van der Waals surface area contributed by atoms with E-state index in [9.17, 15) is 19.2 Å². The minimum absolute atomic E-state index is 0.0320. The zero-order valence-electron chi connectivity index (χ0n) is 12.8. The summed E-state index contributed by atoms with van der Waals surface area (Å²) in [5.41, 5.74) is -0.892. The van der Waals surface area contributed by atoms with Crippen molar-refractivity contribution in [3.05, 3.63) is 0 Å². The molecule has 0 bridgehead atoms. The first kappa shape index (κ1) is 16.3. The number of hydrogen-bond donors (Lipinski definition) is 2. The van der Waals surface area contributed by atoms with Gasteiger partial charge < -0.3 is 15.4 Å². The number of carbonyl (C=O) groups excluding carboxylic acids is 4. The number of esters is 1. The van der Waals surface area contributed by atoms with Crippen molar-refractivity contribution in [1.29, 1.82) is 0 Å². The Kier molecular flexibility index (Phi) is 4.68. The normalized spacial score (nSPS) is 27.7. The van der Waals surface area contributed by atoms with Crippen molar-refractivity contribution in [2.24, 2.45) is 5.92 Å². The molecule has 8 nitrogen and oxygen atoms in total. The van der Waals surface area contributed by atoms with Gasteiger partial charge in [0.05, 0.1) is 0 Å². The summed E-state index contributed by atoms with van der Waals surface area (Å²) in [5, 5.41) is 5.06. The first-order valence-corrected chi connectivity index (χ1v) is 7.41. The number of ether oxygens (including phenoxy) is 1. The summed E-state index contributed by atoms with van der Waals surface area (Å²) < 4.78 is 4.73. The lowest BCUT2D eigenvalue weighted by atomic mass is 9.73. The highest BCUT2D eigenvalue weighted by Gasteiger charge is 2.55. The summed E-state index contributed by atoms with van der Waals surface area (Å²) in [5.74, 6) is -1.58. The Morgan fingerprint density at radius 2 is 2.14 bits per heavy atom. The maximum absolute atomic E-state index is 12.6. The average Bonchev–Trinajstić information content (AvgIpc) is 2.73. The lowest BCUT2D eigenvalue weighted by Crippen LogP contribution is -2.54. The minimum Gasteiger partial charge on any atom is -0.454 e. The van der Waals surface area contributed by atoms with Crippen LogP contribution in [0.4, 0.5) is 4.79 Å². The second-order valence-electron chi connectivity index (χ2n) is 5.77. The SMILES string of the molecule is CNC(=O)COC(=O)CN1C(=O)N[C@@]2(CCCC[C@@H]2C)C1=O. The highest BCUT2D eigenvalue weighted by atomic mass is 16.5. The fraction of sp³-hybridized carbons (Fsp3) is 0.714. The average molecular weight is 311 g/mol. The van der Waals surface area contributed by atoms with Crippen LogP contribution in [0.2, 0.25) is 0 Å². The Hall–Kier alpha value is -2.12. The molecule has 2 aliphatic rings. The lowest BCUT2D eigenvalue weighted by Gasteiger charge is -2.36. The van der Waals surface area contributed by atoms with Crippen LogP contribution in [0.1, 0.15) is 32.6 Å². The van der Waals surface area contributed by atoms with Crippen LogP contribution in [0.3, 0.4) is 0 Å². The molecule has 1 heterocycles. The van der Waals surface area contributed by atoms with Gasteiger partial charge in [0.1, 0.15) is 12.1 Å². The van der Waals surface area contributed by atoms with Gasteiger partial charge in [0.15, 0.2) is 6.61 Å². The molecule has 1 aliphatic carbocycles. The topological polar surface area (TPSA) is 105 Å². The standard InChI is InChI=1S/C14H21N3O5/c1-9-5-3-4-6-14(9)12(20)17(13(21)16-14)7-11(19)22-8-10(18)15-2/h9H,3-8H2,1-2H3,(H,15,18)(H,16,21)/t9-,14+/m0/s1. The smallest absolute Gasteiger partial charge is 0.326 e. The van der Waals surface area contributed by atoms with Crippen LogP contribution in [-0.4, -0.2) is 54.5 Å². The van der Waals surface area contributed by atoms with Gasteiger partial charge in [-0.25, -0.2) is 4.79 Å². The van der Waals surface area contributed by atoms with Crippen molar-refractivity contribution in [1.82, 2.24) is 15.5 Å². The van der Waals surface area contributed by atoms with Crippen LogP contribution in [0.5, 0.6) is 0 Å². The van der Waals surface area contributed by atoms with Crippen LogP contribution < -0.4 is 10.6 Å². The van der Waals surface area contributed by atoms with Gasteiger partial charge in [-0.05, 0) is 18.8 Å². The number of urea groups is 1. The maximum Gasteiger partial charge on any atom is 0.326 e. The van der Waals surface area contributed by atoms with Crippen LogP contribution >= 0.6 is 0 Å². The third-order valence-electron chi connectivity index (χ3n) is 4.43. The molecule has 4 amide bonds. The predicted molar refractivity (Wildman–Crippen MR) is 75.6 cm³/mol. The number of nitrogens with one attached hydrogen (secondary N) is 2. The Morgan fingerprint density at radius 3 is 2.77 bits per heavy atom. The van der Waals surface area contributed by atoms with E-state index in [2.05, 4.69) is 10.6 Å². The van der Waals surface area contributed by atoms with Gasteiger partial charge in [-0.3, -0.25) is 19.3 Å². The molecule has 1 aliphatic heterocycles. The number of imide groups is 1. The molecule has 2 N–H and O–H groups in total. The number of amides is 4. The summed E-state index contributed by atoms with van der Waals surface area (Å²) in [4.78, 5) is 48.2. The molecule has 2 rings (SSSR count). The van der Waals surface area contributed by atoms with E-state index in [1.54, 1.807) is 0 Å². The Bertz CT molecular complexity index is 507. The van der Waals surface area contributed by atoms with E-state index in [1.165, 1.54) is 7.05 Å². The zero-order chi connectivity index (χ0) is 16.3. The summed E-state index contributed by atoms with van der Waals surface area (Å²) in [7, 11) is 1.42. The molecule has 1 saturated heterocycles. The number of hydrogen-bond acceptors (Lipinski definition) is 5. The quantitative estimate of drug-likeness (QED) is 0.551. The Balaban J connectivity index is 2.00. The molecule has 1 spiro atoms. The first-order chi connectivity index (χ1) is 10.4. The van der Waals surface area contributed by atoms with E-state index in [0.29, 0.717) is 6.42 Å². The van der Waals surface area contributed by atoms with E-state index in [0.717, 1.165) is 24.2 Å². The first-order valence-electron chi connectivity index (χ1n) is 7.41. The third kappa shape index (κ3) is 2.90. The number of carbonyl (C=O) groups is 4. The Labute approximate surface area is 128 Å². The van der Waals surface area contributed by atoms with Crippen molar-refractivity contribution < 1.29 is 23.9 Å². The summed E-state index contributed by atoms with van der Waals surface area (Å²) in [6, 6.07) is -0.573. The van der Waals surface area contributed by atoms with Crippen LogP contribution in [0.15, 0.2) is 0 Å². The lowest BCUT2D eigenvalue weighted by molar-refractivity contribution is -0.151. The van der Waals surface area contributed by atoms with Crippen molar-refractivity contribution in [3.63, 3.8) is 0 Å². The highest BCUT2D eigenvalue weighted by molar-refractivity contribution is 6.09. The van der Waals surface area contributed by atoms with Crippen molar-refractivity contribution in [2.75, 3.05) is 20.2 Å². The highest BCUT2D eigenvalue weighted by Crippen LogP contribution is 2.38. The summed E-state index contributed by atoms with van der Waals surface area (Å²) in [6.07, 6.45) is 3.34. The van der Waals surface area contributed by atoms with Crippen molar-refractivity contribution in [2.45, 2.75) is 38.1 Å². The van der Waals surface area contributed by atoms with Crippen LogP contribution in [0.25, 0.3) is 0 Å².